The van der Waals surface area contributed by atoms with E-state index in [9.17, 15) is 0 Å². The molecule has 0 aliphatic heterocycles. The lowest BCUT2D eigenvalue weighted by atomic mass is 10.1. The highest BCUT2D eigenvalue weighted by Crippen LogP contribution is 2.41. The summed E-state index contributed by atoms with van der Waals surface area (Å²) in [5, 5.41) is 17.2. The molecule has 40 heavy (non-hydrogen) atoms. The third-order valence-corrected chi connectivity index (χ3v) is 5.61. The SMILES string of the molecule is c1ccc(Oc2cc(-c3cc(Oc4ccccc4)nnc3Oc3ccccc3)c(Oc3ccccc3)nn2)cc1. The third kappa shape index (κ3) is 6.03. The highest BCUT2D eigenvalue weighted by Gasteiger charge is 2.21. The van der Waals surface area contributed by atoms with E-state index in [2.05, 4.69) is 20.4 Å². The minimum Gasteiger partial charge on any atom is -0.437 e. The molecule has 8 nitrogen and oxygen atoms in total. The molecule has 0 aliphatic carbocycles. The number of para-hydroxylation sites is 4. The first-order chi connectivity index (χ1) is 19.8. The Morgan fingerprint density at radius 3 is 0.950 bits per heavy atom. The maximum Gasteiger partial charge on any atom is 0.247 e. The smallest absolute Gasteiger partial charge is 0.247 e. The molecule has 194 valence electrons. The monoisotopic (exact) mass is 526 g/mol. The fourth-order valence-corrected chi connectivity index (χ4v) is 3.78. The van der Waals surface area contributed by atoms with Crippen LogP contribution < -0.4 is 18.9 Å². The second-order valence-electron chi connectivity index (χ2n) is 8.46. The Labute approximate surface area is 230 Å². The van der Waals surface area contributed by atoms with E-state index in [-0.39, 0.29) is 23.5 Å². The van der Waals surface area contributed by atoms with E-state index in [1.807, 2.05) is 121 Å². The van der Waals surface area contributed by atoms with Crippen molar-refractivity contribution in [2.45, 2.75) is 0 Å². The summed E-state index contributed by atoms with van der Waals surface area (Å²) in [4.78, 5) is 0. The fourth-order valence-electron chi connectivity index (χ4n) is 3.78. The molecule has 0 bridgehead atoms. The van der Waals surface area contributed by atoms with Crippen molar-refractivity contribution >= 4 is 0 Å². The van der Waals surface area contributed by atoms with E-state index in [0.29, 0.717) is 34.1 Å². The number of hydrogen-bond donors (Lipinski definition) is 0. The Hall–Kier alpha value is -5.76. The molecule has 2 heterocycles. The van der Waals surface area contributed by atoms with Gasteiger partial charge in [-0.05, 0) is 48.5 Å². The van der Waals surface area contributed by atoms with Crippen molar-refractivity contribution in [3.63, 3.8) is 0 Å². The van der Waals surface area contributed by atoms with Crippen molar-refractivity contribution in [1.29, 1.82) is 0 Å². The topological polar surface area (TPSA) is 88.5 Å². The molecular formula is C32H22N4O4. The van der Waals surface area contributed by atoms with Crippen LogP contribution in [0, 0.1) is 0 Å². The van der Waals surface area contributed by atoms with Gasteiger partial charge in [0.25, 0.3) is 0 Å². The molecule has 0 saturated carbocycles. The Bertz CT molecular complexity index is 1560. The number of rotatable bonds is 9. The van der Waals surface area contributed by atoms with Gasteiger partial charge in [-0.25, -0.2) is 0 Å². The van der Waals surface area contributed by atoms with E-state index < -0.39 is 0 Å². The average molecular weight is 527 g/mol. The quantitative estimate of drug-likeness (QED) is 0.187. The number of hydrogen-bond acceptors (Lipinski definition) is 8. The molecule has 6 aromatic rings. The summed E-state index contributed by atoms with van der Waals surface area (Å²) < 4.78 is 24.3. The van der Waals surface area contributed by atoms with E-state index in [1.165, 1.54) is 0 Å². The minimum atomic E-state index is 0.225. The molecule has 0 saturated heterocycles. The summed E-state index contributed by atoms with van der Waals surface area (Å²) in [7, 11) is 0. The van der Waals surface area contributed by atoms with Gasteiger partial charge in [0, 0.05) is 12.1 Å². The summed E-state index contributed by atoms with van der Waals surface area (Å²) in [6.07, 6.45) is 0. The lowest BCUT2D eigenvalue weighted by Gasteiger charge is -2.15. The van der Waals surface area contributed by atoms with Gasteiger partial charge in [-0.15, -0.1) is 20.4 Å². The Kier molecular flexibility index (Phi) is 7.21. The maximum atomic E-state index is 6.16. The first kappa shape index (κ1) is 24.6. The van der Waals surface area contributed by atoms with Crippen LogP contribution in [0.3, 0.4) is 0 Å². The van der Waals surface area contributed by atoms with Crippen molar-refractivity contribution in [2.75, 3.05) is 0 Å². The molecule has 2 aromatic heterocycles. The standard InChI is InChI=1S/C32H22N4O4/c1-5-13-23(14-6-1)37-29-21-27(31(35-33-29)39-25-17-9-3-10-18-25)28-22-30(38-24-15-7-2-8-16-24)34-36-32(28)40-26-19-11-4-12-20-26/h1-22H. The molecule has 0 radical (unpaired) electrons. The van der Waals surface area contributed by atoms with Crippen LogP contribution in [0.5, 0.6) is 46.5 Å². The molecule has 0 amide bonds. The van der Waals surface area contributed by atoms with Crippen LogP contribution in [0.2, 0.25) is 0 Å². The first-order valence-electron chi connectivity index (χ1n) is 12.5. The Morgan fingerprint density at radius 2 is 0.625 bits per heavy atom. The van der Waals surface area contributed by atoms with Crippen molar-refractivity contribution in [1.82, 2.24) is 20.4 Å². The summed E-state index contributed by atoms with van der Waals surface area (Å²) in [6.45, 7) is 0. The van der Waals surface area contributed by atoms with E-state index in [0.717, 1.165) is 0 Å². The number of nitrogens with zero attached hydrogens (tertiary/aromatic N) is 4. The third-order valence-electron chi connectivity index (χ3n) is 5.61. The van der Waals surface area contributed by atoms with Crippen LogP contribution in [-0.4, -0.2) is 20.4 Å². The van der Waals surface area contributed by atoms with Gasteiger partial charge in [-0.2, -0.15) is 0 Å². The molecule has 0 spiro atoms. The van der Waals surface area contributed by atoms with Gasteiger partial charge < -0.3 is 18.9 Å². The fraction of sp³-hybridized carbons (Fsp3) is 0. The first-order valence-corrected chi connectivity index (χ1v) is 12.5. The highest BCUT2D eigenvalue weighted by molar-refractivity contribution is 5.75. The lowest BCUT2D eigenvalue weighted by Crippen LogP contribution is -2.01. The average Bonchev–Trinajstić information content (AvgIpc) is 3.01. The summed E-state index contributed by atoms with van der Waals surface area (Å²) >= 11 is 0. The Balaban J connectivity index is 1.47. The van der Waals surface area contributed by atoms with Gasteiger partial charge in [0.05, 0.1) is 11.1 Å². The van der Waals surface area contributed by atoms with Gasteiger partial charge in [-0.1, -0.05) is 72.8 Å². The zero-order chi connectivity index (χ0) is 27.0. The van der Waals surface area contributed by atoms with E-state index >= 15 is 0 Å². The molecule has 0 fully saturated rings. The number of ether oxygens (including phenoxy) is 4. The molecule has 6 rings (SSSR count). The molecule has 0 aliphatic rings. The molecule has 0 unspecified atom stereocenters. The molecule has 8 heteroatoms. The van der Waals surface area contributed by atoms with Crippen LogP contribution in [0.15, 0.2) is 133 Å². The molecule has 0 N–H and O–H groups in total. The predicted molar refractivity (Wildman–Crippen MR) is 149 cm³/mol. The van der Waals surface area contributed by atoms with Crippen molar-refractivity contribution in [3.8, 4) is 57.6 Å². The van der Waals surface area contributed by atoms with Crippen LogP contribution >= 0.6 is 0 Å². The second kappa shape index (κ2) is 11.7. The second-order valence-corrected chi connectivity index (χ2v) is 8.46. The van der Waals surface area contributed by atoms with Crippen LogP contribution in [0.4, 0.5) is 0 Å². The lowest BCUT2D eigenvalue weighted by molar-refractivity contribution is 0.422. The summed E-state index contributed by atoms with van der Waals surface area (Å²) in [6, 6.07) is 40.7. The zero-order valence-electron chi connectivity index (χ0n) is 21.1. The van der Waals surface area contributed by atoms with Crippen LogP contribution in [0.1, 0.15) is 0 Å². The predicted octanol–water partition coefficient (Wildman–Crippen LogP) is 8.10. The van der Waals surface area contributed by atoms with Gasteiger partial charge in [0.15, 0.2) is 0 Å². The largest absolute Gasteiger partial charge is 0.437 e. The number of benzene rings is 4. The van der Waals surface area contributed by atoms with Crippen molar-refractivity contribution in [3.05, 3.63) is 133 Å². The minimum absolute atomic E-state index is 0.225. The van der Waals surface area contributed by atoms with E-state index in [1.54, 1.807) is 12.1 Å². The van der Waals surface area contributed by atoms with Gasteiger partial charge in [0.2, 0.25) is 23.5 Å². The van der Waals surface area contributed by atoms with Crippen molar-refractivity contribution in [2.24, 2.45) is 0 Å². The summed E-state index contributed by atoms with van der Waals surface area (Å²) in [5.41, 5.74) is 1.03. The summed E-state index contributed by atoms with van der Waals surface area (Å²) in [5.74, 6) is 3.36. The molecular weight excluding hydrogens is 504 g/mol. The normalized spacial score (nSPS) is 10.5. The van der Waals surface area contributed by atoms with Gasteiger partial charge in [-0.3, -0.25) is 0 Å². The maximum absolute atomic E-state index is 6.16. The van der Waals surface area contributed by atoms with Gasteiger partial charge in [0.1, 0.15) is 23.0 Å². The Morgan fingerprint density at radius 1 is 0.325 bits per heavy atom. The van der Waals surface area contributed by atoms with Crippen LogP contribution in [-0.2, 0) is 0 Å². The van der Waals surface area contributed by atoms with Gasteiger partial charge >= 0.3 is 0 Å². The van der Waals surface area contributed by atoms with E-state index in [4.69, 9.17) is 18.9 Å². The van der Waals surface area contributed by atoms with Crippen molar-refractivity contribution < 1.29 is 18.9 Å². The highest BCUT2D eigenvalue weighted by atomic mass is 16.5. The molecule has 4 aromatic carbocycles. The molecule has 0 atom stereocenters. The number of aromatic nitrogens is 4. The van der Waals surface area contributed by atoms with Crippen LogP contribution in [0.25, 0.3) is 11.1 Å². The zero-order valence-corrected chi connectivity index (χ0v) is 21.1.